The highest BCUT2D eigenvalue weighted by molar-refractivity contribution is 4.85. The number of nitrogens with one attached hydrogen (secondary N) is 1. The minimum absolute atomic E-state index is 0.107. The van der Waals surface area contributed by atoms with E-state index in [0.717, 1.165) is 12.8 Å². The molecule has 1 fully saturated rings. The minimum Gasteiger partial charge on any atom is -0.396 e. The van der Waals surface area contributed by atoms with Crippen LogP contribution in [0.1, 0.15) is 32.6 Å². The van der Waals surface area contributed by atoms with Crippen molar-refractivity contribution in [3.63, 3.8) is 0 Å². The molecule has 1 aliphatic heterocycles. The highest BCUT2D eigenvalue weighted by atomic mass is 16.3. The average Bonchev–Trinajstić information content (AvgIpc) is 2.18. The molecule has 3 heteroatoms. The highest BCUT2D eigenvalue weighted by Gasteiger charge is 2.27. The fourth-order valence-corrected chi connectivity index (χ4v) is 2.14. The molecule has 1 aliphatic rings. The molecule has 0 bridgehead atoms. The van der Waals surface area contributed by atoms with E-state index in [4.69, 9.17) is 10.2 Å². The Morgan fingerprint density at radius 3 is 2.54 bits per heavy atom. The normalized spacial score (nSPS) is 34.8. The van der Waals surface area contributed by atoms with Crippen LogP contribution in [0, 0.1) is 5.92 Å². The molecule has 0 amide bonds. The van der Waals surface area contributed by atoms with Crippen molar-refractivity contribution < 1.29 is 10.2 Å². The van der Waals surface area contributed by atoms with E-state index < -0.39 is 0 Å². The van der Waals surface area contributed by atoms with E-state index in [1.807, 2.05) is 0 Å². The van der Waals surface area contributed by atoms with Gasteiger partial charge in [0.15, 0.2) is 0 Å². The second-order valence-electron chi connectivity index (χ2n) is 3.96. The molecule has 78 valence electrons. The van der Waals surface area contributed by atoms with Gasteiger partial charge in [-0.05, 0) is 25.2 Å². The Hall–Kier alpha value is -0.120. The van der Waals surface area contributed by atoms with Crippen molar-refractivity contribution in [1.29, 1.82) is 0 Å². The molecular weight excluding hydrogens is 166 g/mol. The fourth-order valence-electron chi connectivity index (χ4n) is 2.14. The Labute approximate surface area is 80.2 Å². The molecular formula is C10H21NO2. The van der Waals surface area contributed by atoms with Gasteiger partial charge in [0.05, 0.1) is 6.61 Å². The number of aliphatic hydroxyl groups excluding tert-OH is 2. The molecule has 0 aromatic rings. The Morgan fingerprint density at radius 2 is 2.00 bits per heavy atom. The van der Waals surface area contributed by atoms with Crippen molar-refractivity contribution in [3.8, 4) is 0 Å². The van der Waals surface area contributed by atoms with Crippen LogP contribution in [0.15, 0.2) is 0 Å². The molecule has 3 N–H and O–H groups in total. The average molecular weight is 187 g/mol. The summed E-state index contributed by atoms with van der Waals surface area (Å²) in [5, 5.41) is 21.6. The van der Waals surface area contributed by atoms with Crippen molar-refractivity contribution in [2.24, 2.45) is 5.92 Å². The number of piperidine rings is 1. The second kappa shape index (κ2) is 5.58. The summed E-state index contributed by atoms with van der Waals surface area (Å²) in [4.78, 5) is 0. The summed E-state index contributed by atoms with van der Waals surface area (Å²) in [6.45, 7) is 2.51. The molecule has 0 aromatic carbocycles. The molecule has 0 unspecified atom stereocenters. The van der Waals surface area contributed by atoms with Crippen LogP contribution < -0.4 is 5.32 Å². The molecule has 13 heavy (non-hydrogen) atoms. The van der Waals surface area contributed by atoms with Gasteiger partial charge in [0, 0.05) is 18.7 Å². The number of hydrogen-bond donors (Lipinski definition) is 3. The van der Waals surface area contributed by atoms with Gasteiger partial charge in [-0.15, -0.1) is 0 Å². The predicted molar refractivity (Wildman–Crippen MR) is 52.5 cm³/mol. The van der Waals surface area contributed by atoms with Gasteiger partial charge in [-0.25, -0.2) is 0 Å². The van der Waals surface area contributed by atoms with Crippen molar-refractivity contribution in [3.05, 3.63) is 0 Å². The fraction of sp³-hybridized carbons (Fsp3) is 1.00. The lowest BCUT2D eigenvalue weighted by Crippen LogP contribution is -2.50. The summed E-state index contributed by atoms with van der Waals surface area (Å²) in [6, 6.07) is 0.653. The van der Waals surface area contributed by atoms with Gasteiger partial charge >= 0.3 is 0 Å². The molecule has 0 radical (unpaired) electrons. The third kappa shape index (κ3) is 2.93. The maximum Gasteiger partial charge on any atom is 0.0588 e. The first-order valence-corrected chi connectivity index (χ1v) is 5.29. The van der Waals surface area contributed by atoms with Crippen molar-refractivity contribution >= 4 is 0 Å². The summed E-state index contributed by atoms with van der Waals surface area (Å²) in [7, 11) is 0. The van der Waals surface area contributed by atoms with E-state index in [0.29, 0.717) is 6.04 Å². The van der Waals surface area contributed by atoms with Crippen LogP contribution >= 0.6 is 0 Å². The zero-order chi connectivity index (χ0) is 9.68. The van der Waals surface area contributed by atoms with Crippen molar-refractivity contribution in [2.45, 2.75) is 44.7 Å². The molecule has 0 aliphatic carbocycles. The first-order chi connectivity index (χ1) is 6.31. The second-order valence-corrected chi connectivity index (χ2v) is 3.96. The van der Waals surface area contributed by atoms with E-state index in [2.05, 4.69) is 12.2 Å². The maximum atomic E-state index is 9.10. The first-order valence-electron chi connectivity index (χ1n) is 5.29. The lowest BCUT2D eigenvalue weighted by atomic mass is 9.87. The molecule has 0 spiro atoms. The molecule has 3 nitrogen and oxygen atoms in total. The van der Waals surface area contributed by atoms with Crippen LogP contribution in [0.25, 0.3) is 0 Å². The van der Waals surface area contributed by atoms with Gasteiger partial charge in [-0.1, -0.05) is 13.3 Å². The van der Waals surface area contributed by atoms with E-state index in [9.17, 15) is 0 Å². The van der Waals surface area contributed by atoms with Gasteiger partial charge in [0.25, 0.3) is 0 Å². The summed E-state index contributed by atoms with van der Waals surface area (Å²) in [5.41, 5.74) is 0. The van der Waals surface area contributed by atoms with Gasteiger partial charge in [0.1, 0.15) is 0 Å². The molecule has 1 heterocycles. The molecule has 0 saturated carbocycles. The zero-order valence-electron chi connectivity index (χ0n) is 8.37. The molecule has 1 rings (SSSR count). The Bertz CT molecular complexity index is 141. The molecule has 3 atom stereocenters. The van der Waals surface area contributed by atoms with Crippen LogP contribution in [0.4, 0.5) is 0 Å². The van der Waals surface area contributed by atoms with Gasteiger partial charge in [-0.2, -0.15) is 0 Å². The number of hydrogen-bond acceptors (Lipinski definition) is 3. The lowest BCUT2D eigenvalue weighted by Gasteiger charge is -2.35. The maximum absolute atomic E-state index is 9.10. The zero-order valence-corrected chi connectivity index (χ0v) is 8.37. The standard InChI is InChI=1S/C10H21NO2/c1-2-3-9-5-4-8(6-12)10(7-13)11-9/h8-13H,2-7H2,1H3/t8-,9+,10+/m1/s1. The van der Waals surface area contributed by atoms with Crippen LogP contribution in [0.5, 0.6) is 0 Å². The summed E-state index contributed by atoms with van der Waals surface area (Å²) >= 11 is 0. The Morgan fingerprint density at radius 1 is 1.23 bits per heavy atom. The SMILES string of the molecule is CCC[C@H]1CC[C@H](CO)[C@H](CO)N1. The molecule has 1 saturated heterocycles. The quantitative estimate of drug-likeness (QED) is 0.601. The van der Waals surface area contributed by atoms with Crippen molar-refractivity contribution in [2.75, 3.05) is 13.2 Å². The van der Waals surface area contributed by atoms with Crippen LogP contribution in [-0.4, -0.2) is 35.5 Å². The van der Waals surface area contributed by atoms with Crippen LogP contribution in [0.2, 0.25) is 0 Å². The topological polar surface area (TPSA) is 52.5 Å². The van der Waals surface area contributed by atoms with Crippen LogP contribution in [0.3, 0.4) is 0 Å². The summed E-state index contributed by atoms with van der Waals surface area (Å²) in [6.07, 6.45) is 4.53. The van der Waals surface area contributed by atoms with Crippen LogP contribution in [-0.2, 0) is 0 Å². The smallest absolute Gasteiger partial charge is 0.0588 e. The van der Waals surface area contributed by atoms with E-state index >= 15 is 0 Å². The largest absolute Gasteiger partial charge is 0.396 e. The Kier molecular flexibility index (Phi) is 4.70. The lowest BCUT2D eigenvalue weighted by molar-refractivity contribution is 0.0972. The summed E-state index contributed by atoms with van der Waals surface area (Å²) < 4.78 is 0. The van der Waals surface area contributed by atoms with Crippen molar-refractivity contribution in [1.82, 2.24) is 5.32 Å². The predicted octanol–water partition coefficient (Wildman–Crippen LogP) is 0.508. The number of rotatable bonds is 4. The van der Waals surface area contributed by atoms with E-state index in [1.165, 1.54) is 12.8 Å². The molecule has 0 aromatic heterocycles. The summed E-state index contributed by atoms with van der Waals surface area (Å²) in [5.74, 6) is 0.248. The number of aliphatic hydroxyl groups is 2. The van der Waals surface area contributed by atoms with Gasteiger partial charge in [0.2, 0.25) is 0 Å². The minimum atomic E-state index is 0.107. The Balaban J connectivity index is 2.38. The first kappa shape index (κ1) is 11.0. The van der Waals surface area contributed by atoms with E-state index in [1.54, 1.807) is 0 Å². The monoisotopic (exact) mass is 187 g/mol. The van der Waals surface area contributed by atoms with Gasteiger partial charge < -0.3 is 15.5 Å². The highest BCUT2D eigenvalue weighted by Crippen LogP contribution is 2.21. The third-order valence-corrected chi connectivity index (χ3v) is 2.97. The van der Waals surface area contributed by atoms with Gasteiger partial charge in [-0.3, -0.25) is 0 Å². The van der Waals surface area contributed by atoms with E-state index in [-0.39, 0.29) is 25.2 Å². The third-order valence-electron chi connectivity index (χ3n) is 2.97.